The summed E-state index contributed by atoms with van der Waals surface area (Å²) in [5.41, 5.74) is 1.87. The first kappa shape index (κ1) is 29.1. The molecule has 1 aliphatic rings. The summed E-state index contributed by atoms with van der Waals surface area (Å²) in [4.78, 5) is 31.2. The Balaban J connectivity index is 1.20. The zero-order valence-electron chi connectivity index (χ0n) is 22.7. The van der Waals surface area contributed by atoms with E-state index < -0.39 is 30.0 Å². The number of aliphatic carboxylic acids is 1. The Kier molecular flexibility index (Phi) is 8.72. The number of hydrogen-bond acceptors (Lipinski definition) is 8. The first-order chi connectivity index (χ1) is 20.3. The van der Waals surface area contributed by atoms with E-state index in [4.69, 9.17) is 9.63 Å². The lowest BCUT2D eigenvalue weighted by Crippen LogP contribution is -2.54. The van der Waals surface area contributed by atoms with Crippen molar-refractivity contribution in [2.24, 2.45) is 5.41 Å². The lowest BCUT2D eigenvalue weighted by molar-refractivity contribution is -0.159. The molecule has 218 valence electrons. The van der Waals surface area contributed by atoms with E-state index in [2.05, 4.69) is 20.4 Å². The van der Waals surface area contributed by atoms with Crippen LogP contribution in [0.5, 0.6) is 0 Å². The van der Waals surface area contributed by atoms with Crippen LogP contribution in [0.2, 0.25) is 0 Å². The molecule has 0 spiro atoms. The van der Waals surface area contributed by atoms with Gasteiger partial charge in [-0.05, 0) is 36.1 Å². The molecule has 1 aromatic heterocycles. The van der Waals surface area contributed by atoms with Crippen LogP contribution in [0.15, 0.2) is 77.3 Å². The predicted octanol–water partition coefficient (Wildman–Crippen LogP) is 3.35. The fraction of sp³-hybridized carbons (Fsp3) is 0.290. The van der Waals surface area contributed by atoms with Gasteiger partial charge in [-0.15, -0.1) is 0 Å². The van der Waals surface area contributed by atoms with Crippen molar-refractivity contribution in [2.45, 2.75) is 25.5 Å². The molecule has 1 atom stereocenters. The van der Waals surface area contributed by atoms with E-state index in [1.54, 1.807) is 12.1 Å². The molecule has 0 radical (unpaired) electrons. The summed E-state index contributed by atoms with van der Waals surface area (Å²) < 4.78 is 20.2. The topological polar surface area (TPSA) is 149 Å². The highest BCUT2D eigenvalue weighted by molar-refractivity contribution is 6.02. The number of nitrogens with one attached hydrogen (secondary N) is 1. The van der Waals surface area contributed by atoms with Gasteiger partial charge in [-0.2, -0.15) is 4.98 Å². The summed E-state index contributed by atoms with van der Waals surface area (Å²) in [5.74, 6) is -1.66. The number of carboxylic acids is 1. The first-order valence-electron chi connectivity index (χ1n) is 13.6. The number of halogens is 1. The normalized spacial score (nSPS) is 15.7. The van der Waals surface area contributed by atoms with E-state index in [-0.39, 0.29) is 31.1 Å². The Hall–Kier alpha value is -4.45. The first-order valence-corrected chi connectivity index (χ1v) is 13.6. The summed E-state index contributed by atoms with van der Waals surface area (Å²) in [6.07, 6.45) is -0.892. The van der Waals surface area contributed by atoms with Gasteiger partial charge in [-0.1, -0.05) is 65.8 Å². The lowest BCUT2D eigenvalue weighted by atomic mass is 9.77. The van der Waals surface area contributed by atoms with Gasteiger partial charge in [0.25, 0.3) is 5.89 Å². The van der Waals surface area contributed by atoms with Gasteiger partial charge in [0.05, 0.1) is 12.7 Å². The average molecular weight is 575 g/mol. The molecule has 0 saturated carbocycles. The van der Waals surface area contributed by atoms with Crippen LogP contribution in [0.4, 0.5) is 4.39 Å². The number of benzene rings is 3. The molecule has 1 aliphatic heterocycles. The SMILES string of the molecule is O=C(O)C1(C(=O)NCC(O)CO)CCN(Cc2ccc(-c3noc(-c4ccc(-c5ccccc5)c(F)c4)n3)cc2)CC1. The van der Waals surface area contributed by atoms with Crippen molar-refractivity contribution in [1.82, 2.24) is 20.4 Å². The van der Waals surface area contributed by atoms with Gasteiger partial charge in [-0.3, -0.25) is 14.5 Å². The number of aromatic nitrogens is 2. The summed E-state index contributed by atoms with van der Waals surface area (Å²) in [6.45, 7) is 0.630. The third kappa shape index (κ3) is 6.23. The predicted molar refractivity (Wildman–Crippen MR) is 151 cm³/mol. The zero-order valence-corrected chi connectivity index (χ0v) is 22.7. The molecule has 1 amide bonds. The molecular weight excluding hydrogens is 543 g/mol. The number of rotatable bonds is 10. The van der Waals surface area contributed by atoms with E-state index in [9.17, 15) is 24.2 Å². The highest BCUT2D eigenvalue weighted by Crippen LogP contribution is 2.33. The van der Waals surface area contributed by atoms with Gasteiger partial charge in [0, 0.05) is 42.9 Å². The summed E-state index contributed by atoms with van der Waals surface area (Å²) in [5, 5.41) is 34.7. The number of carbonyl (C=O) groups excluding carboxylic acids is 1. The quantitative estimate of drug-likeness (QED) is 0.209. The molecule has 11 heteroatoms. The van der Waals surface area contributed by atoms with Gasteiger partial charge in [0.15, 0.2) is 0 Å². The maximum absolute atomic E-state index is 14.8. The number of nitrogens with zero attached hydrogens (tertiary/aromatic N) is 3. The number of aliphatic hydroxyl groups is 2. The average Bonchev–Trinajstić information content (AvgIpc) is 3.51. The molecule has 3 aromatic carbocycles. The summed E-state index contributed by atoms with van der Waals surface area (Å²) in [7, 11) is 0. The Morgan fingerprint density at radius 1 is 1.00 bits per heavy atom. The second-order valence-electron chi connectivity index (χ2n) is 10.4. The van der Waals surface area contributed by atoms with Crippen LogP contribution in [-0.4, -0.2) is 74.6 Å². The second-order valence-corrected chi connectivity index (χ2v) is 10.4. The second kappa shape index (κ2) is 12.6. The van der Waals surface area contributed by atoms with Crippen LogP contribution >= 0.6 is 0 Å². The molecule has 2 heterocycles. The fourth-order valence-corrected chi connectivity index (χ4v) is 5.05. The summed E-state index contributed by atoms with van der Waals surface area (Å²) >= 11 is 0. The summed E-state index contributed by atoms with van der Waals surface area (Å²) in [6, 6.07) is 21.6. The Bertz CT molecular complexity index is 1530. The van der Waals surface area contributed by atoms with Gasteiger partial charge in [0.2, 0.25) is 11.7 Å². The molecule has 1 unspecified atom stereocenters. The van der Waals surface area contributed by atoms with E-state index >= 15 is 0 Å². The van der Waals surface area contributed by atoms with E-state index in [0.717, 1.165) is 16.7 Å². The molecule has 42 heavy (non-hydrogen) atoms. The molecule has 5 rings (SSSR count). The number of hydrogen-bond donors (Lipinski definition) is 4. The molecule has 10 nitrogen and oxygen atoms in total. The Labute approximate surface area is 241 Å². The maximum Gasteiger partial charge on any atom is 0.319 e. The number of piperidine rings is 1. The minimum absolute atomic E-state index is 0.125. The molecule has 0 aliphatic carbocycles. The molecule has 1 saturated heterocycles. The standard InChI is InChI=1S/C31H31FN4O6/c32-26-16-23(10-11-25(26)21-4-2-1-3-5-21)28-34-27(35-42-28)22-8-6-20(7-9-22)18-36-14-12-31(13-15-36,30(40)41)29(39)33-17-24(38)19-37/h1-11,16,24,37-38H,12-15,17-19H2,(H,33,39)(H,40,41). The van der Waals surface area contributed by atoms with Gasteiger partial charge >= 0.3 is 5.97 Å². The Morgan fingerprint density at radius 3 is 2.33 bits per heavy atom. The maximum atomic E-state index is 14.8. The highest BCUT2D eigenvalue weighted by atomic mass is 19.1. The van der Waals surface area contributed by atoms with Crippen LogP contribution in [0.25, 0.3) is 34.0 Å². The molecule has 1 fully saturated rings. The third-order valence-corrected chi connectivity index (χ3v) is 7.61. The number of carboxylic acid groups (broad SMARTS) is 1. The van der Waals surface area contributed by atoms with Crippen molar-refractivity contribution in [3.05, 3.63) is 84.2 Å². The van der Waals surface area contributed by atoms with Gasteiger partial charge in [-0.25, -0.2) is 4.39 Å². The number of likely N-dealkylation sites (tertiary alicyclic amines) is 1. The highest BCUT2D eigenvalue weighted by Gasteiger charge is 2.48. The number of carbonyl (C=O) groups is 2. The van der Waals surface area contributed by atoms with Crippen LogP contribution in [0.3, 0.4) is 0 Å². The van der Waals surface area contributed by atoms with Crippen LogP contribution in [-0.2, 0) is 16.1 Å². The van der Waals surface area contributed by atoms with Crippen molar-refractivity contribution in [2.75, 3.05) is 26.2 Å². The minimum Gasteiger partial charge on any atom is -0.480 e. The van der Waals surface area contributed by atoms with E-state index in [1.807, 2.05) is 54.6 Å². The molecular formula is C31H31FN4O6. The lowest BCUT2D eigenvalue weighted by Gasteiger charge is -2.37. The monoisotopic (exact) mass is 574 g/mol. The van der Waals surface area contributed by atoms with Crippen molar-refractivity contribution in [3.63, 3.8) is 0 Å². The number of amides is 1. The van der Waals surface area contributed by atoms with Crippen molar-refractivity contribution in [3.8, 4) is 34.0 Å². The largest absolute Gasteiger partial charge is 0.480 e. The smallest absolute Gasteiger partial charge is 0.319 e. The minimum atomic E-state index is -1.57. The molecule has 4 N–H and O–H groups in total. The van der Waals surface area contributed by atoms with Crippen LogP contribution < -0.4 is 5.32 Å². The van der Waals surface area contributed by atoms with Gasteiger partial charge < -0.3 is 25.2 Å². The Morgan fingerprint density at radius 2 is 1.69 bits per heavy atom. The van der Waals surface area contributed by atoms with Gasteiger partial charge in [0.1, 0.15) is 11.2 Å². The fourth-order valence-electron chi connectivity index (χ4n) is 5.05. The van der Waals surface area contributed by atoms with Crippen LogP contribution in [0, 0.1) is 11.2 Å². The van der Waals surface area contributed by atoms with Crippen molar-refractivity contribution in [1.29, 1.82) is 0 Å². The van der Waals surface area contributed by atoms with Crippen molar-refractivity contribution >= 4 is 11.9 Å². The van der Waals surface area contributed by atoms with Crippen LogP contribution in [0.1, 0.15) is 18.4 Å². The zero-order chi connectivity index (χ0) is 29.7. The third-order valence-electron chi connectivity index (χ3n) is 7.61. The van der Waals surface area contributed by atoms with E-state index in [0.29, 0.717) is 36.6 Å². The number of aliphatic hydroxyl groups excluding tert-OH is 2. The van der Waals surface area contributed by atoms with E-state index in [1.165, 1.54) is 6.07 Å². The molecule has 4 aromatic rings. The molecule has 0 bridgehead atoms. The van der Waals surface area contributed by atoms with Crippen molar-refractivity contribution < 1.29 is 33.8 Å².